The molecule has 0 aromatic rings. The molecule has 0 bridgehead atoms. The van der Waals surface area contributed by atoms with Gasteiger partial charge in [0.1, 0.15) is 0 Å². The molecule has 0 nitrogen and oxygen atoms in total. The van der Waals surface area contributed by atoms with Crippen LogP contribution in [0.1, 0.15) is 7.43 Å². The molecule has 21 heavy (non-hydrogen) atoms. The first-order chi connectivity index (χ1) is 8.29. The zero-order chi connectivity index (χ0) is 16.6. The molecule has 0 aromatic heterocycles. The maximum Gasteiger partial charge on any atom is -0.0500 e. The van der Waals surface area contributed by atoms with Crippen molar-refractivity contribution in [1.29, 1.82) is 0 Å². The van der Waals surface area contributed by atoms with Gasteiger partial charge < -0.3 is 0 Å². The molecule has 0 saturated carbocycles. The van der Waals surface area contributed by atoms with E-state index in [0.717, 1.165) is 15.9 Å². The van der Waals surface area contributed by atoms with Gasteiger partial charge in [-0.1, -0.05) is 23.3 Å². The Morgan fingerprint density at radius 3 is 0.476 bits per heavy atom. The van der Waals surface area contributed by atoms with E-state index in [1.165, 1.54) is 0 Å². The minimum atomic E-state index is 0. The van der Waals surface area contributed by atoms with Crippen molar-refractivity contribution in [1.82, 2.24) is 0 Å². The van der Waals surface area contributed by atoms with Crippen LogP contribution < -0.4 is 0 Å². The van der Waals surface area contributed by atoms with Crippen LogP contribution in [0.2, 0.25) is 0 Å². The molecule has 0 aliphatic carbocycles. The Balaban J connectivity index is -0.0000000117. The zero-order valence-electron chi connectivity index (χ0n) is 11.4. The Morgan fingerprint density at radius 2 is 0.476 bits per heavy atom. The SMILES string of the molecule is C.P.P.PP.PP.PP(P)P.PP(P)P.PPP.PPP. The van der Waals surface area contributed by atoms with E-state index in [1.807, 2.05) is 0 Å². The monoisotopic (exact) mass is 672 g/mol. The summed E-state index contributed by atoms with van der Waals surface area (Å²) in [7, 11) is 37.3. The van der Waals surface area contributed by atoms with E-state index in [0.29, 0.717) is 0 Å². The van der Waals surface area contributed by atoms with Crippen LogP contribution in [-0.2, 0) is 0 Å². The van der Waals surface area contributed by atoms with Crippen LogP contribution in [0.15, 0.2) is 0 Å². The van der Waals surface area contributed by atoms with Crippen LogP contribution in [0, 0.1) is 0 Å². The highest BCUT2D eigenvalue weighted by atomic mass is 32.7. The van der Waals surface area contributed by atoms with Gasteiger partial charge in [-0.15, -0.1) is 125 Å². The molecule has 0 rings (SSSR count). The van der Waals surface area contributed by atoms with Crippen molar-refractivity contribution in [3.8, 4) is 0 Å². The first-order valence-electron chi connectivity index (χ1n) is 3.37. The number of rotatable bonds is 0. The first kappa shape index (κ1) is 57.1. The lowest BCUT2D eigenvalue weighted by Gasteiger charge is -1.81. The Bertz CT molecular complexity index is 36.3. The van der Waals surface area contributed by atoms with Crippen molar-refractivity contribution in [2.45, 2.75) is 7.43 Å². The van der Waals surface area contributed by atoms with Gasteiger partial charge in [0, 0.05) is 0 Å². The van der Waals surface area contributed by atoms with Crippen LogP contribution in [0.4, 0.5) is 0 Å². The molecule has 0 aliphatic heterocycles. The topological polar surface area (TPSA) is 0 Å². The van der Waals surface area contributed by atoms with Crippen molar-refractivity contribution in [3.05, 3.63) is 0 Å². The third-order valence-electron chi connectivity index (χ3n) is 0. The Labute approximate surface area is 180 Å². The first-order valence-corrected chi connectivity index (χ1v) is 30.3. The summed E-state index contributed by atoms with van der Waals surface area (Å²) in [6, 6.07) is 0. The maximum atomic E-state index is 2.65. The van der Waals surface area contributed by atoms with Gasteiger partial charge in [0.15, 0.2) is 0 Å². The molecular weight excluding hydrogens is 631 g/mol. The largest absolute Gasteiger partial charge is 0.153 e. The Morgan fingerprint density at radius 1 is 0.476 bits per heavy atom. The normalized spacial score (nSPS) is 5.71. The molecular formula is CH40P20. The minimum absolute atomic E-state index is 0. The Hall–Kier alpha value is 8.60. The molecule has 16 atom stereocenters. The van der Waals surface area contributed by atoms with E-state index in [9.17, 15) is 0 Å². The van der Waals surface area contributed by atoms with Gasteiger partial charge in [-0.25, -0.2) is 0 Å². The fourth-order valence-electron chi connectivity index (χ4n) is 0. The summed E-state index contributed by atoms with van der Waals surface area (Å²) in [5, 5.41) is 0. The Kier molecular flexibility index (Phi) is 215. The fourth-order valence-corrected chi connectivity index (χ4v) is 0. The lowest BCUT2D eigenvalue weighted by atomic mass is 12.0. The second-order valence-electron chi connectivity index (χ2n) is 1.23. The van der Waals surface area contributed by atoms with E-state index in [-0.39, 0.29) is 41.2 Å². The highest BCUT2D eigenvalue weighted by Crippen LogP contribution is 2.60. The summed E-state index contributed by atoms with van der Waals surface area (Å²) in [5.41, 5.74) is 0. The standard InChI is InChI=1S/CH4.2H6P4.2H5P3.2H4P2.2H3P/c;2*1-4(2)3;2*1-3-2;2*1-2;;/h1H4;2*1-3H2;2*3H,1-2H2;2*1-2H2;2*1H3. The second-order valence-corrected chi connectivity index (χ2v) is 33.1. The predicted octanol–water partition coefficient (Wildman–Crippen LogP) is 8.22. The van der Waals surface area contributed by atoms with E-state index < -0.39 is 0 Å². The molecule has 0 aliphatic rings. The quantitative estimate of drug-likeness (QED) is 0.228. The van der Waals surface area contributed by atoms with Crippen molar-refractivity contribution in [2.24, 2.45) is 0 Å². The van der Waals surface area contributed by atoms with Crippen molar-refractivity contribution < 1.29 is 0 Å². The molecule has 0 fully saturated rings. The van der Waals surface area contributed by atoms with Crippen molar-refractivity contribution >= 4 is 175 Å². The van der Waals surface area contributed by atoms with Crippen LogP contribution in [-0.4, -0.2) is 0 Å². The molecule has 0 spiro atoms. The molecule has 0 amide bonds. The van der Waals surface area contributed by atoms with Crippen molar-refractivity contribution in [3.63, 3.8) is 0 Å². The van der Waals surface area contributed by atoms with Gasteiger partial charge in [-0.05, 0) is 14.0 Å². The molecule has 0 N–H and O–H groups in total. The third-order valence-corrected chi connectivity index (χ3v) is 0. The summed E-state index contributed by atoms with van der Waals surface area (Å²) >= 11 is 0. The lowest BCUT2D eigenvalue weighted by Crippen LogP contribution is -0.870. The van der Waals surface area contributed by atoms with E-state index in [1.54, 1.807) is 0 Å². The number of hydrogen-bond acceptors (Lipinski definition) is 0. The number of hydrogen-bond donors (Lipinski definition) is 0. The van der Waals surface area contributed by atoms with Gasteiger partial charge in [-0.2, -0.15) is 19.8 Å². The molecule has 144 valence electrons. The van der Waals surface area contributed by atoms with Crippen molar-refractivity contribution in [2.75, 3.05) is 0 Å². The highest BCUT2D eigenvalue weighted by molar-refractivity contribution is 8.66. The summed E-state index contributed by atoms with van der Waals surface area (Å²) in [6.07, 6.45) is 0. The zero-order valence-corrected chi connectivity index (χ0v) is 34.2. The van der Waals surface area contributed by atoms with Gasteiger partial charge >= 0.3 is 0 Å². The molecule has 0 saturated heterocycles. The molecule has 16 unspecified atom stereocenters. The molecule has 0 heterocycles. The highest BCUT2D eigenvalue weighted by Gasteiger charge is 1.66. The van der Waals surface area contributed by atoms with Gasteiger partial charge in [0.2, 0.25) is 0 Å². The van der Waals surface area contributed by atoms with Gasteiger partial charge in [-0.3, -0.25) is 0 Å². The van der Waals surface area contributed by atoms with E-state index >= 15 is 0 Å². The van der Waals surface area contributed by atoms with Gasteiger partial charge in [0.05, 0.1) is 0 Å². The smallest absolute Gasteiger partial charge is 0.0500 e. The van der Waals surface area contributed by atoms with E-state index in [4.69, 9.17) is 0 Å². The van der Waals surface area contributed by atoms with Crippen LogP contribution in [0.5, 0.6) is 0 Å². The molecule has 0 radical (unpaired) electrons. The maximum absolute atomic E-state index is 2.65. The van der Waals surface area contributed by atoms with Crippen LogP contribution in [0.3, 0.4) is 0 Å². The predicted molar refractivity (Wildman–Crippen MR) is 195 cm³/mol. The van der Waals surface area contributed by atoms with E-state index in [2.05, 4.69) is 125 Å². The van der Waals surface area contributed by atoms with Gasteiger partial charge in [0.25, 0.3) is 0 Å². The summed E-state index contributed by atoms with van der Waals surface area (Å²) in [5.74, 6) is 0. The molecule has 20 heteroatoms. The molecule has 0 aromatic carbocycles. The lowest BCUT2D eigenvalue weighted by molar-refractivity contribution is 2.50. The van der Waals surface area contributed by atoms with Crippen LogP contribution >= 0.6 is 175 Å². The minimum Gasteiger partial charge on any atom is -0.153 e. The summed E-state index contributed by atoms with van der Waals surface area (Å²) in [6.45, 7) is 0.259. The third kappa shape index (κ3) is 274. The average Bonchev–Trinajstić information content (AvgIpc) is 2.23. The summed E-state index contributed by atoms with van der Waals surface area (Å²) in [4.78, 5) is 0. The van der Waals surface area contributed by atoms with Crippen LogP contribution in [0.25, 0.3) is 0 Å². The summed E-state index contributed by atoms with van der Waals surface area (Å²) < 4.78 is 0. The fraction of sp³-hybridized carbons (Fsp3) is 1.00. The second kappa shape index (κ2) is 79.1. The average molecular weight is 672 g/mol.